The van der Waals surface area contributed by atoms with Crippen LogP contribution in [0.25, 0.3) is 6.08 Å². The first-order chi connectivity index (χ1) is 16.1. The predicted molar refractivity (Wildman–Crippen MR) is 135 cm³/mol. The number of piperazine rings is 1. The SMILES string of the molecule is COc1ccc(/C=C2\NC(=O)N(CCCN3CCN(c4ccccc4OC)CC3)C2=O)cc1.Cl. The van der Waals surface area contributed by atoms with Gasteiger partial charge < -0.3 is 19.7 Å². The maximum absolute atomic E-state index is 12.7. The third-order valence-corrected chi connectivity index (χ3v) is 6.04. The molecule has 2 fully saturated rings. The molecular formula is C25H31ClN4O4. The fourth-order valence-corrected chi connectivity index (χ4v) is 4.20. The molecule has 0 aromatic heterocycles. The summed E-state index contributed by atoms with van der Waals surface area (Å²) in [6.45, 7) is 4.93. The summed E-state index contributed by atoms with van der Waals surface area (Å²) in [5.41, 5.74) is 2.25. The van der Waals surface area contributed by atoms with Gasteiger partial charge in [0.25, 0.3) is 5.91 Å². The van der Waals surface area contributed by atoms with Crippen molar-refractivity contribution in [2.75, 3.05) is 58.4 Å². The number of urea groups is 1. The molecule has 0 radical (unpaired) electrons. The van der Waals surface area contributed by atoms with Gasteiger partial charge in [-0.3, -0.25) is 14.6 Å². The number of imide groups is 1. The lowest BCUT2D eigenvalue weighted by molar-refractivity contribution is -0.122. The number of nitrogens with zero attached hydrogens (tertiary/aromatic N) is 3. The number of benzene rings is 2. The normalized spacial score (nSPS) is 17.5. The fraction of sp³-hybridized carbons (Fsp3) is 0.360. The Balaban J connectivity index is 0.00000324. The van der Waals surface area contributed by atoms with Gasteiger partial charge in [0.2, 0.25) is 0 Å². The number of para-hydroxylation sites is 2. The molecule has 0 saturated carbocycles. The second-order valence-corrected chi connectivity index (χ2v) is 8.07. The molecule has 8 nitrogen and oxygen atoms in total. The van der Waals surface area contributed by atoms with Gasteiger partial charge in [0.05, 0.1) is 19.9 Å². The van der Waals surface area contributed by atoms with Crippen molar-refractivity contribution in [1.29, 1.82) is 0 Å². The number of amides is 3. The lowest BCUT2D eigenvalue weighted by Gasteiger charge is -2.36. The van der Waals surface area contributed by atoms with Crippen molar-refractivity contribution >= 4 is 36.1 Å². The minimum Gasteiger partial charge on any atom is -0.497 e. The highest BCUT2D eigenvalue weighted by Gasteiger charge is 2.33. The van der Waals surface area contributed by atoms with Crippen LogP contribution in [-0.4, -0.2) is 75.2 Å². The maximum Gasteiger partial charge on any atom is 0.329 e. The standard InChI is InChI=1S/C25H30N4O4.ClH/c1-32-20-10-8-19(9-11-20)18-21-24(30)29(25(31)26-21)13-5-12-27-14-16-28(17-15-27)22-6-3-4-7-23(22)33-2;/h3-4,6-11,18H,5,12-17H2,1-2H3,(H,26,31);1H/b21-18-;. The zero-order valence-electron chi connectivity index (χ0n) is 19.5. The van der Waals surface area contributed by atoms with Gasteiger partial charge in [0.1, 0.15) is 17.2 Å². The summed E-state index contributed by atoms with van der Waals surface area (Å²) < 4.78 is 10.6. The molecule has 2 aromatic rings. The van der Waals surface area contributed by atoms with Gasteiger partial charge in [0, 0.05) is 32.7 Å². The molecule has 0 spiro atoms. The molecule has 1 N–H and O–H groups in total. The summed E-state index contributed by atoms with van der Waals surface area (Å²) in [7, 11) is 3.30. The molecule has 2 heterocycles. The molecule has 4 rings (SSSR count). The highest BCUT2D eigenvalue weighted by Crippen LogP contribution is 2.28. The number of halogens is 1. The summed E-state index contributed by atoms with van der Waals surface area (Å²) in [5.74, 6) is 1.35. The molecule has 0 unspecified atom stereocenters. The molecular weight excluding hydrogens is 456 g/mol. The Kier molecular flexibility index (Phi) is 8.79. The number of carbonyl (C=O) groups excluding carboxylic acids is 2. The maximum atomic E-state index is 12.7. The molecule has 0 atom stereocenters. The van der Waals surface area contributed by atoms with Crippen molar-refractivity contribution in [3.63, 3.8) is 0 Å². The van der Waals surface area contributed by atoms with Gasteiger partial charge in [0.15, 0.2) is 0 Å². The zero-order chi connectivity index (χ0) is 23.2. The first kappa shape index (κ1) is 25.4. The second-order valence-electron chi connectivity index (χ2n) is 8.07. The average molecular weight is 487 g/mol. The van der Waals surface area contributed by atoms with E-state index in [1.54, 1.807) is 20.3 Å². The fourth-order valence-electron chi connectivity index (χ4n) is 4.20. The van der Waals surface area contributed by atoms with Crippen molar-refractivity contribution in [2.24, 2.45) is 0 Å². The summed E-state index contributed by atoms with van der Waals surface area (Å²) in [4.78, 5) is 31.0. The van der Waals surface area contributed by atoms with Crippen LogP contribution < -0.4 is 19.7 Å². The molecule has 2 aliphatic heterocycles. The monoisotopic (exact) mass is 486 g/mol. The van der Waals surface area contributed by atoms with Crippen LogP contribution in [0.4, 0.5) is 10.5 Å². The topological polar surface area (TPSA) is 74.3 Å². The van der Waals surface area contributed by atoms with Crippen molar-refractivity contribution in [1.82, 2.24) is 15.1 Å². The van der Waals surface area contributed by atoms with Crippen LogP contribution >= 0.6 is 12.4 Å². The van der Waals surface area contributed by atoms with Gasteiger partial charge in [-0.05, 0) is 48.9 Å². The van der Waals surface area contributed by atoms with E-state index in [-0.39, 0.29) is 24.3 Å². The highest BCUT2D eigenvalue weighted by atomic mass is 35.5. The van der Waals surface area contributed by atoms with E-state index in [4.69, 9.17) is 9.47 Å². The van der Waals surface area contributed by atoms with Crippen LogP contribution in [0.1, 0.15) is 12.0 Å². The van der Waals surface area contributed by atoms with Gasteiger partial charge in [-0.25, -0.2) is 4.79 Å². The van der Waals surface area contributed by atoms with Crippen LogP contribution in [0.5, 0.6) is 11.5 Å². The van der Waals surface area contributed by atoms with Gasteiger partial charge in [-0.15, -0.1) is 12.4 Å². The molecule has 9 heteroatoms. The minimum atomic E-state index is -0.360. The summed E-state index contributed by atoms with van der Waals surface area (Å²) in [6, 6.07) is 15.0. The van der Waals surface area contributed by atoms with E-state index < -0.39 is 0 Å². The van der Waals surface area contributed by atoms with Crippen LogP contribution in [0.2, 0.25) is 0 Å². The number of anilines is 1. The Labute approximate surface area is 206 Å². The number of hydrogen-bond acceptors (Lipinski definition) is 6. The quantitative estimate of drug-likeness (QED) is 0.456. The summed E-state index contributed by atoms with van der Waals surface area (Å²) >= 11 is 0. The Morgan fingerprint density at radius 1 is 0.912 bits per heavy atom. The molecule has 2 aromatic carbocycles. The highest BCUT2D eigenvalue weighted by molar-refractivity contribution is 6.13. The molecule has 182 valence electrons. The van der Waals surface area contributed by atoms with E-state index in [9.17, 15) is 9.59 Å². The number of nitrogens with one attached hydrogen (secondary N) is 1. The number of ether oxygens (including phenoxy) is 2. The van der Waals surface area contributed by atoms with E-state index in [2.05, 4.69) is 21.2 Å². The molecule has 0 aliphatic carbocycles. The van der Waals surface area contributed by atoms with E-state index >= 15 is 0 Å². The molecule has 2 aliphatic rings. The van der Waals surface area contributed by atoms with E-state index in [0.29, 0.717) is 12.2 Å². The minimum absolute atomic E-state index is 0. The zero-order valence-corrected chi connectivity index (χ0v) is 20.3. The van der Waals surface area contributed by atoms with E-state index in [1.807, 2.05) is 42.5 Å². The Bertz CT molecular complexity index is 1020. The van der Waals surface area contributed by atoms with Gasteiger partial charge in [-0.2, -0.15) is 0 Å². The first-order valence-corrected chi connectivity index (χ1v) is 11.2. The largest absolute Gasteiger partial charge is 0.497 e. The van der Waals surface area contributed by atoms with Gasteiger partial charge in [-0.1, -0.05) is 24.3 Å². The van der Waals surface area contributed by atoms with Crippen LogP contribution in [-0.2, 0) is 4.79 Å². The lowest BCUT2D eigenvalue weighted by Crippen LogP contribution is -2.47. The summed E-state index contributed by atoms with van der Waals surface area (Å²) in [5, 5.41) is 2.69. The lowest BCUT2D eigenvalue weighted by atomic mass is 10.2. The smallest absolute Gasteiger partial charge is 0.329 e. The molecule has 2 saturated heterocycles. The summed E-state index contributed by atoms with van der Waals surface area (Å²) in [6.07, 6.45) is 2.43. The Morgan fingerprint density at radius 2 is 1.62 bits per heavy atom. The molecule has 0 bridgehead atoms. The number of carbonyl (C=O) groups is 2. The predicted octanol–water partition coefficient (Wildman–Crippen LogP) is 3.23. The Hall–Kier alpha value is -3.23. The van der Waals surface area contributed by atoms with Crippen LogP contribution in [0, 0.1) is 0 Å². The van der Waals surface area contributed by atoms with Crippen LogP contribution in [0.3, 0.4) is 0 Å². The number of methoxy groups -OCH3 is 2. The van der Waals surface area contributed by atoms with E-state index in [0.717, 1.165) is 61.9 Å². The number of hydrogen-bond donors (Lipinski definition) is 1. The third-order valence-electron chi connectivity index (χ3n) is 6.04. The Morgan fingerprint density at radius 3 is 2.29 bits per heavy atom. The molecule has 34 heavy (non-hydrogen) atoms. The van der Waals surface area contributed by atoms with Crippen molar-refractivity contribution in [3.05, 3.63) is 59.8 Å². The average Bonchev–Trinajstić information content (AvgIpc) is 3.12. The van der Waals surface area contributed by atoms with E-state index in [1.165, 1.54) is 4.90 Å². The second kappa shape index (κ2) is 11.8. The van der Waals surface area contributed by atoms with Crippen molar-refractivity contribution in [2.45, 2.75) is 6.42 Å². The number of rotatable bonds is 8. The van der Waals surface area contributed by atoms with Crippen LogP contribution in [0.15, 0.2) is 54.2 Å². The van der Waals surface area contributed by atoms with Gasteiger partial charge >= 0.3 is 6.03 Å². The van der Waals surface area contributed by atoms with Crippen molar-refractivity contribution in [3.8, 4) is 11.5 Å². The first-order valence-electron chi connectivity index (χ1n) is 11.2. The van der Waals surface area contributed by atoms with Crippen molar-refractivity contribution < 1.29 is 19.1 Å². The third kappa shape index (κ3) is 5.81. The molecule has 3 amide bonds.